The lowest BCUT2D eigenvalue weighted by Gasteiger charge is -2.17. The third kappa shape index (κ3) is 2.80. The average Bonchev–Trinajstić information content (AvgIpc) is 2.69. The topological polar surface area (TPSA) is 80.8 Å². The van der Waals surface area contributed by atoms with Crippen LogP contribution >= 0.6 is 0 Å². The molecular weight excluding hydrogens is 342 g/mol. The number of ether oxygens (including phenoxy) is 1. The second-order valence-corrected chi connectivity index (χ2v) is 7.57. The Bertz CT molecular complexity index is 965. The molecule has 0 bridgehead atoms. The number of carbonyl (C=O) groups excluding carboxylic acids is 2. The summed E-state index contributed by atoms with van der Waals surface area (Å²) in [6, 6.07) is 10.2. The number of anilines is 1. The summed E-state index contributed by atoms with van der Waals surface area (Å²) in [7, 11) is -2.39. The minimum absolute atomic E-state index is 0.0136. The SMILES string of the molecule is CCCOC(=O)c1ccc2c(c1)N(C)C(=O)c1ccccc1S2(=O)=O. The maximum atomic E-state index is 13.0. The van der Waals surface area contributed by atoms with Gasteiger partial charge in [0, 0.05) is 7.05 Å². The van der Waals surface area contributed by atoms with Gasteiger partial charge in [-0.2, -0.15) is 0 Å². The molecule has 0 aliphatic carbocycles. The van der Waals surface area contributed by atoms with Gasteiger partial charge in [0.05, 0.1) is 33.2 Å². The van der Waals surface area contributed by atoms with Crippen LogP contribution in [0.2, 0.25) is 0 Å². The van der Waals surface area contributed by atoms with Crippen molar-refractivity contribution in [3.05, 3.63) is 53.6 Å². The fourth-order valence-electron chi connectivity index (χ4n) is 2.70. The molecule has 1 aliphatic heterocycles. The van der Waals surface area contributed by atoms with Crippen LogP contribution in [-0.4, -0.2) is 33.9 Å². The van der Waals surface area contributed by atoms with Gasteiger partial charge in [-0.1, -0.05) is 19.1 Å². The van der Waals surface area contributed by atoms with Crippen molar-refractivity contribution in [2.45, 2.75) is 23.1 Å². The molecule has 1 aliphatic rings. The first kappa shape index (κ1) is 17.2. The molecule has 3 rings (SSSR count). The number of nitrogens with zero attached hydrogens (tertiary/aromatic N) is 1. The van der Waals surface area contributed by atoms with E-state index >= 15 is 0 Å². The van der Waals surface area contributed by atoms with Crippen LogP contribution in [0.5, 0.6) is 0 Å². The van der Waals surface area contributed by atoms with E-state index in [1.54, 1.807) is 12.1 Å². The zero-order valence-corrected chi connectivity index (χ0v) is 14.7. The summed E-state index contributed by atoms with van der Waals surface area (Å²) in [4.78, 5) is 26.0. The number of esters is 1. The van der Waals surface area contributed by atoms with Gasteiger partial charge in [0.2, 0.25) is 9.84 Å². The second-order valence-electron chi connectivity index (χ2n) is 5.68. The van der Waals surface area contributed by atoms with Crippen molar-refractivity contribution >= 4 is 27.4 Å². The van der Waals surface area contributed by atoms with Gasteiger partial charge in [0.25, 0.3) is 5.91 Å². The van der Waals surface area contributed by atoms with Crippen molar-refractivity contribution in [2.75, 3.05) is 18.6 Å². The molecule has 0 spiro atoms. The second kappa shape index (κ2) is 6.33. The highest BCUT2D eigenvalue weighted by Gasteiger charge is 2.34. The molecule has 25 heavy (non-hydrogen) atoms. The fourth-order valence-corrected chi connectivity index (χ4v) is 4.36. The molecular formula is C18H17NO5S. The zero-order valence-electron chi connectivity index (χ0n) is 13.9. The first-order chi connectivity index (χ1) is 11.9. The predicted molar refractivity (Wildman–Crippen MR) is 91.6 cm³/mol. The van der Waals surface area contributed by atoms with Crippen LogP contribution in [0.4, 0.5) is 5.69 Å². The number of hydrogen-bond acceptors (Lipinski definition) is 5. The Morgan fingerprint density at radius 3 is 2.56 bits per heavy atom. The fraction of sp³-hybridized carbons (Fsp3) is 0.222. The van der Waals surface area contributed by atoms with Gasteiger partial charge in [-0.15, -0.1) is 0 Å². The van der Waals surface area contributed by atoms with Crippen LogP contribution in [0.3, 0.4) is 0 Å². The number of amides is 1. The Morgan fingerprint density at radius 2 is 1.84 bits per heavy atom. The molecule has 2 aromatic carbocycles. The minimum Gasteiger partial charge on any atom is -0.462 e. The third-order valence-electron chi connectivity index (χ3n) is 3.99. The maximum absolute atomic E-state index is 13.0. The highest BCUT2D eigenvalue weighted by molar-refractivity contribution is 7.91. The number of carbonyl (C=O) groups is 2. The summed E-state index contributed by atoms with van der Waals surface area (Å²) in [5, 5.41) is 0. The van der Waals surface area contributed by atoms with Gasteiger partial charge in [-0.25, -0.2) is 13.2 Å². The van der Waals surface area contributed by atoms with Crippen LogP contribution in [0.1, 0.15) is 34.1 Å². The van der Waals surface area contributed by atoms with E-state index in [2.05, 4.69) is 0 Å². The Labute approximate surface area is 145 Å². The summed E-state index contributed by atoms with van der Waals surface area (Å²) < 4.78 is 31.0. The molecule has 6 nitrogen and oxygen atoms in total. The lowest BCUT2D eigenvalue weighted by Crippen LogP contribution is -2.26. The Hall–Kier alpha value is -2.67. The quantitative estimate of drug-likeness (QED) is 0.787. The molecule has 2 aromatic rings. The lowest BCUT2D eigenvalue weighted by molar-refractivity contribution is 0.0505. The summed E-state index contributed by atoms with van der Waals surface area (Å²) in [6.07, 6.45) is 0.679. The number of benzene rings is 2. The molecule has 0 N–H and O–H groups in total. The Balaban J connectivity index is 2.19. The van der Waals surface area contributed by atoms with Crippen LogP contribution in [0, 0.1) is 0 Å². The first-order valence-corrected chi connectivity index (χ1v) is 9.29. The van der Waals surface area contributed by atoms with Crippen molar-refractivity contribution < 1.29 is 22.7 Å². The van der Waals surface area contributed by atoms with Gasteiger partial charge in [0.15, 0.2) is 0 Å². The number of hydrogen-bond donors (Lipinski definition) is 0. The van der Waals surface area contributed by atoms with E-state index in [-0.39, 0.29) is 33.2 Å². The summed E-state index contributed by atoms with van der Waals surface area (Å²) >= 11 is 0. The normalized spacial score (nSPS) is 15.1. The van der Waals surface area contributed by atoms with Crippen molar-refractivity contribution in [3.8, 4) is 0 Å². The molecule has 0 radical (unpaired) electrons. The smallest absolute Gasteiger partial charge is 0.338 e. The summed E-state index contributed by atoms with van der Waals surface area (Å²) in [6.45, 7) is 2.15. The standard InChI is InChI=1S/C18H17NO5S/c1-3-10-24-18(21)12-8-9-16-14(11-12)19(2)17(20)13-6-4-5-7-15(13)25(16,22)23/h4-9,11H,3,10H2,1-2H3. The van der Waals surface area contributed by atoms with Crippen LogP contribution in [-0.2, 0) is 14.6 Å². The van der Waals surface area contributed by atoms with Gasteiger partial charge in [-0.3, -0.25) is 4.79 Å². The molecule has 0 unspecified atom stereocenters. The van der Waals surface area contributed by atoms with E-state index in [9.17, 15) is 18.0 Å². The van der Waals surface area contributed by atoms with Crippen LogP contribution in [0.15, 0.2) is 52.3 Å². The molecule has 1 heterocycles. The molecule has 7 heteroatoms. The lowest BCUT2D eigenvalue weighted by atomic mass is 10.1. The number of fused-ring (bicyclic) bond motifs is 2. The predicted octanol–water partition coefficient (Wildman–Crippen LogP) is 2.68. The Kier molecular flexibility index (Phi) is 4.34. The zero-order chi connectivity index (χ0) is 18.2. The Morgan fingerprint density at radius 1 is 1.12 bits per heavy atom. The number of sulfone groups is 1. The molecule has 1 amide bonds. The highest BCUT2D eigenvalue weighted by atomic mass is 32.2. The van der Waals surface area contributed by atoms with E-state index in [0.717, 1.165) is 0 Å². The maximum Gasteiger partial charge on any atom is 0.338 e. The van der Waals surface area contributed by atoms with Crippen molar-refractivity contribution in [3.63, 3.8) is 0 Å². The van der Waals surface area contributed by atoms with E-state index < -0.39 is 21.7 Å². The molecule has 0 atom stereocenters. The van der Waals surface area contributed by atoms with Crippen LogP contribution in [0.25, 0.3) is 0 Å². The van der Waals surface area contributed by atoms with Gasteiger partial charge < -0.3 is 9.64 Å². The molecule has 0 fully saturated rings. The monoisotopic (exact) mass is 359 g/mol. The largest absolute Gasteiger partial charge is 0.462 e. The van der Waals surface area contributed by atoms with Crippen molar-refractivity contribution in [1.82, 2.24) is 0 Å². The van der Waals surface area contributed by atoms with Gasteiger partial charge >= 0.3 is 5.97 Å². The van der Waals surface area contributed by atoms with E-state index in [0.29, 0.717) is 6.42 Å². The van der Waals surface area contributed by atoms with Gasteiger partial charge in [-0.05, 0) is 36.8 Å². The van der Waals surface area contributed by atoms with Crippen molar-refractivity contribution in [1.29, 1.82) is 0 Å². The summed E-state index contributed by atoms with van der Waals surface area (Å²) in [5.74, 6) is -0.998. The average molecular weight is 359 g/mol. The van der Waals surface area contributed by atoms with E-state index in [1.807, 2.05) is 6.92 Å². The number of rotatable bonds is 3. The van der Waals surface area contributed by atoms with Crippen LogP contribution < -0.4 is 4.90 Å². The van der Waals surface area contributed by atoms with E-state index in [1.165, 1.54) is 42.3 Å². The molecule has 130 valence electrons. The molecule has 0 saturated carbocycles. The first-order valence-electron chi connectivity index (χ1n) is 7.81. The minimum atomic E-state index is -3.88. The third-order valence-corrected chi connectivity index (χ3v) is 5.85. The van der Waals surface area contributed by atoms with Gasteiger partial charge in [0.1, 0.15) is 0 Å². The highest BCUT2D eigenvalue weighted by Crippen LogP contribution is 2.36. The molecule has 0 aromatic heterocycles. The summed E-state index contributed by atoms with van der Waals surface area (Å²) in [5.41, 5.74) is 0.469. The van der Waals surface area contributed by atoms with Crippen molar-refractivity contribution in [2.24, 2.45) is 0 Å². The molecule has 0 saturated heterocycles. The van der Waals surface area contributed by atoms with E-state index in [4.69, 9.17) is 4.74 Å².